The van der Waals surface area contributed by atoms with Gasteiger partial charge in [-0.2, -0.15) is 0 Å². The molecule has 1 heterocycles. The topological polar surface area (TPSA) is 38.9 Å². The molecule has 4 heteroatoms. The number of benzene rings is 2. The Bertz CT molecular complexity index is 749. The van der Waals surface area contributed by atoms with Gasteiger partial charge in [0.15, 0.2) is 0 Å². The third-order valence-electron chi connectivity index (χ3n) is 3.01. The Kier molecular flexibility index (Phi) is 3.17. The van der Waals surface area contributed by atoms with E-state index in [1.54, 1.807) is 17.4 Å². The lowest BCUT2D eigenvalue weighted by Gasteiger charge is -2.02. The van der Waals surface area contributed by atoms with Crippen molar-refractivity contribution < 1.29 is 0 Å². The van der Waals surface area contributed by atoms with E-state index in [0.29, 0.717) is 10.7 Å². The largest absolute Gasteiger partial charge is 0.399 e. The fraction of sp³-hybridized carbons (Fsp3) is 0.133. The first-order valence-corrected chi connectivity index (χ1v) is 7.21. The molecule has 0 unspecified atom stereocenters. The van der Waals surface area contributed by atoms with Gasteiger partial charge >= 0.3 is 0 Å². The Morgan fingerprint density at radius 3 is 2.84 bits per heavy atom. The number of aromatic nitrogens is 1. The predicted molar refractivity (Wildman–Crippen MR) is 83.0 cm³/mol. The fourth-order valence-corrected chi connectivity index (χ4v) is 3.26. The number of thiazole rings is 1. The minimum absolute atomic E-state index is 0.689. The van der Waals surface area contributed by atoms with Crippen LogP contribution in [0.5, 0.6) is 0 Å². The number of nitrogens with zero attached hydrogens (tertiary/aromatic N) is 1. The summed E-state index contributed by atoms with van der Waals surface area (Å²) in [4.78, 5) is 4.66. The maximum Gasteiger partial charge on any atom is 0.0982 e. The SMILES string of the molecule is Cc1ccc2sc(Cc3ccc(N)cc3Cl)nc2c1. The summed E-state index contributed by atoms with van der Waals surface area (Å²) in [6.07, 6.45) is 0.748. The molecule has 0 aliphatic heterocycles. The zero-order valence-corrected chi connectivity index (χ0v) is 12.1. The maximum absolute atomic E-state index is 6.20. The Morgan fingerprint density at radius 2 is 2.05 bits per heavy atom. The van der Waals surface area contributed by atoms with Gasteiger partial charge in [0, 0.05) is 17.1 Å². The van der Waals surface area contributed by atoms with Gasteiger partial charge in [0.1, 0.15) is 0 Å². The molecule has 0 atom stereocenters. The summed E-state index contributed by atoms with van der Waals surface area (Å²) in [5, 5.41) is 1.78. The van der Waals surface area contributed by atoms with E-state index in [2.05, 4.69) is 30.1 Å². The molecular weight excluding hydrogens is 276 g/mol. The van der Waals surface area contributed by atoms with Crippen LogP contribution in [0.3, 0.4) is 0 Å². The van der Waals surface area contributed by atoms with Gasteiger partial charge in [-0.25, -0.2) is 4.98 Å². The van der Waals surface area contributed by atoms with Crippen molar-refractivity contribution in [3.63, 3.8) is 0 Å². The summed E-state index contributed by atoms with van der Waals surface area (Å²) in [6, 6.07) is 12.0. The van der Waals surface area contributed by atoms with Crippen LogP contribution in [-0.4, -0.2) is 4.98 Å². The number of anilines is 1. The lowest BCUT2D eigenvalue weighted by atomic mass is 10.1. The molecule has 3 aromatic rings. The van der Waals surface area contributed by atoms with Gasteiger partial charge in [0.05, 0.1) is 15.2 Å². The van der Waals surface area contributed by atoms with Gasteiger partial charge < -0.3 is 5.73 Å². The Labute approximate surface area is 120 Å². The second-order valence-corrected chi connectivity index (χ2v) is 6.13. The van der Waals surface area contributed by atoms with E-state index in [9.17, 15) is 0 Å². The minimum Gasteiger partial charge on any atom is -0.399 e. The van der Waals surface area contributed by atoms with Crippen molar-refractivity contribution in [2.24, 2.45) is 0 Å². The van der Waals surface area contributed by atoms with E-state index in [1.807, 2.05) is 12.1 Å². The van der Waals surface area contributed by atoms with E-state index < -0.39 is 0 Å². The number of hydrogen-bond acceptors (Lipinski definition) is 3. The highest BCUT2D eigenvalue weighted by Crippen LogP contribution is 2.27. The molecule has 1 aromatic heterocycles. The van der Waals surface area contributed by atoms with Crippen molar-refractivity contribution in [3.05, 3.63) is 57.6 Å². The molecule has 0 spiro atoms. The number of rotatable bonds is 2. The zero-order valence-electron chi connectivity index (χ0n) is 10.5. The highest BCUT2D eigenvalue weighted by Gasteiger charge is 2.07. The zero-order chi connectivity index (χ0) is 13.4. The van der Waals surface area contributed by atoms with Gasteiger partial charge in [-0.3, -0.25) is 0 Å². The molecule has 2 aromatic carbocycles. The van der Waals surface area contributed by atoms with Crippen LogP contribution < -0.4 is 5.73 Å². The summed E-state index contributed by atoms with van der Waals surface area (Å²) >= 11 is 7.91. The third-order valence-corrected chi connectivity index (χ3v) is 4.39. The molecular formula is C15H13ClN2S. The second kappa shape index (κ2) is 4.83. The van der Waals surface area contributed by atoms with Gasteiger partial charge in [-0.15, -0.1) is 11.3 Å². The number of halogens is 1. The van der Waals surface area contributed by atoms with Crippen LogP contribution >= 0.6 is 22.9 Å². The molecule has 19 heavy (non-hydrogen) atoms. The normalized spacial score (nSPS) is 11.1. The van der Waals surface area contributed by atoms with Crippen LogP contribution in [0.25, 0.3) is 10.2 Å². The van der Waals surface area contributed by atoms with Crippen molar-refractivity contribution in [2.45, 2.75) is 13.3 Å². The average molecular weight is 289 g/mol. The van der Waals surface area contributed by atoms with E-state index in [0.717, 1.165) is 22.5 Å². The second-order valence-electron chi connectivity index (χ2n) is 4.61. The number of nitrogen functional groups attached to an aromatic ring is 1. The van der Waals surface area contributed by atoms with Crippen molar-refractivity contribution in [1.82, 2.24) is 4.98 Å². The molecule has 96 valence electrons. The van der Waals surface area contributed by atoms with Crippen LogP contribution in [-0.2, 0) is 6.42 Å². The highest BCUT2D eigenvalue weighted by molar-refractivity contribution is 7.18. The van der Waals surface area contributed by atoms with Crippen LogP contribution in [0.1, 0.15) is 16.1 Å². The van der Waals surface area contributed by atoms with Crippen LogP contribution in [0, 0.1) is 6.92 Å². The van der Waals surface area contributed by atoms with E-state index in [1.165, 1.54) is 10.3 Å². The van der Waals surface area contributed by atoms with Gasteiger partial charge in [0.2, 0.25) is 0 Å². The molecule has 0 aliphatic carbocycles. The first-order chi connectivity index (χ1) is 9.11. The maximum atomic E-state index is 6.20. The molecule has 0 bridgehead atoms. The van der Waals surface area contributed by atoms with Crippen LogP contribution in [0.15, 0.2) is 36.4 Å². The van der Waals surface area contributed by atoms with Crippen molar-refractivity contribution in [2.75, 3.05) is 5.73 Å². The lowest BCUT2D eigenvalue weighted by Crippen LogP contribution is -1.91. The summed E-state index contributed by atoms with van der Waals surface area (Å²) in [5.74, 6) is 0. The lowest BCUT2D eigenvalue weighted by molar-refractivity contribution is 1.15. The Balaban J connectivity index is 1.96. The monoisotopic (exact) mass is 288 g/mol. The molecule has 0 radical (unpaired) electrons. The molecule has 0 fully saturated rings. The van der Waals surface area contributed by atoms with E-state index in [-0.39, 0.29) is 0 Å². The van der Waals surface area contributed by atoms with Gasteiger partial charge in [-0.1, -0.05) is 23.7 Å². The first-order valence-electron chi connectivity index (χ1n) is 6.02. The highest BCUT2D eigenvalue weighted by atomic mass is 35.5. The van der Waals surface area contributed by atoms with Gasteiger partial charge in [0.25, 0.3) is 0 Å². The third kappa shape index (κ3) is 2.57. The summed E-state index contributed by atoms with van der Waals surface area (Å²) in [5.41, 5.74) is 9.74. The summed E-state index contributed by atoms with van der Waals surface area (Å²) in [6.45, 7) is 2.08. The summed E-state index contributed by atoms with van der Waals surface area (Å²) < 4.78 is 1.21. The molecule has 0 saturated carbocycles. The van der Waals surface area contributed by atoms with Crippen molar-refractivity contribution in [3.8, 4) is 0 Å². The minimum atomic E-state index is 0.689. The summed E-state index contributed by atoms with van der Waals surface area (Å²) in [7, 11) is 0. The first kappa shape index (κ1) is 12.5. The van der Waals surface area contributed by atoms with Crippen molar-refractivity contribution in [1.29, 1.82) is 0 Å². The average Bonchev–Trinajstić information content (AvgIpc) is 2.74. The number of fused-ring (bicyclic) bond motifs is 1. The number of nitrogens with two attached hydrogens (primary N) is 1. The molecule has 3 rings (SSSR count). The molecule has 0 saturated heterocycles. The Hall–Kier alpha value is -1.58. The van der Waals surface area contributed by atoms with E-state index in [4.69, 9.17) is 17.3 Å². The standard InChI is InChI=1S/C15H13ClN2S/c1-9-2-5-14-13(6-9)18-15(19-14)7-10-3-4-11(17)8-12(10)16/h2-6,8H,7,17H2,1H3. The molecule has 0 aliphatic rings. The quantitative estimate of drug-likeness (QED) is 0.709. The molecule has 2 N–H and O–H groups in total. The van der Waals surface area contributed by atoms with E-state index >= 15 is 0 Å². The van der Waals surface area contributed by atoms with Crippen molar-refractivity contribution >= 4 is 38.8 Å². The predicted octanol–water partition coefficient (Wildman–Crippen LogP) is 4.43. The smallest absolute Gasteiger partial charge is 0.0982 e. The fourth-order valence-electron chi connectivity index (χ4n) is 2.03. The van der Waals surface area contributed by atoms with Crippen LogP contribution in [0.2, 0.25) is 5.02 Å². The molecule has 0 amide bonds. The van der Waals surface area contributed by atoms with Crippen LogP contribution in [0.4, 0.5) is 5.69 Å². The number of aryl methyl sites for hydroxylation is 1. The Morgan fingerprint density at radius 1 is 1.21 bits per heavy atom. The van der Waals surface area contributed by atoms with Gasteiger partial charge in [-0.05, 0) is 42.3 Å². The number of hydrogen-bond donors (Lipinski definition) is 1. The molecule has 2 nitrogen and oxygen atoms in total.